The Bertz CT molecular complexity index is 1010. The number of alkyl halides is 6. The molecule has 2 aromatic rings. The maximum Gasteiger partial charge on any atom is 0.416 e. The van der Waals surface area contributed by atoms with Gasteiger partial charge in [0.1, 0.15) is 5.82 Å². The molecule has 0 aliphatic carbocycles. The van der Waals surface area contributed by atoms with Crippen molar-refractivity contribution in [3.8, 4) is 0 Å². The van der Waals surface area contributed by atoms with Crippen LogP contribution in [-0.2, 0) is 12.4 Å². The van der Waals surface area contributed by atoms with Crippen LogP contribution in [0.1, 0.15) is 22.6 Å². The molecule has 6 nitrogen and oxygen atoms in total. The molecule has 1 saturated heterocycles. The van der Waals surface area contributed by atoms with Crippen molar-refractivity contribution in [2.24, 2.45) is 0 Å². The van der Waals surface area contributed by atoms with Crippen LogP contribution in [0.15, 0.2) is 42.5 Å². The topological polar surface area (TPSA) is 81.7 Å². The van der Waals surface area contributed by atoms with E-state index in [1.165, 1.54) is 12.1 Å². The maximum atomic E-state index is 13.2. The molecule has 1 aliphatic heterocycles. The van der Waals surface area contributed by atoms with E-state index in [-0.39, 0.29) is 19.2 Å². The zero-order chi connectivity index (χ0) is 24.6. The zero-order valence-electron chi connectivity index (χ0n) is 16.5. The Kier molecular flexibility index (Phi) is 6.43. The van der Waals surface area contributed by atoms with Crippen LogP contribution in [0.25, 0.3) is 0 Å². The number of amides is 3. The fraction of sp³-hybridized carbons (Fsp3) is 0.300. The average molecular weight is 479 g/mol. The van der Waals surface area contributed by atoms with E-state index in [0.717, 1.165) is 17.0 Å². The van der Waals surface area contributed by atoms with Crippen molar-refractivity contribution in [1.29, 1.82) is 0 Å². The van der Waals surface area contributed by atoms with Gasteiger partial charge >= 0.3 is 24.5 Å². The van der Waals surface area contributed by atoms with E-state index >= 15 is 0 Å². The van der Waals surface area contributed by atoms with Crippen LogP contribution in [0.5, 0.6) is 0 Å². The highest BCUT2D eigenvalue weighted by Crippen LogP contribution is 2.37. The highest BCUT2D eigenvalue weighted by Gasteiger charge is 2.39. The third kappa shape index (κ3) is 5.84. The van der Waals surface area contributed by atoms with Crippen LogP contribution in [0.3, 0.4) is 0 Å². The molecular weight excluding hydrogens is 463 g/mol. The Morgan fingerprint density at radius 1 is 0.909 bits per heavy atom. The van der Waals surface area contributed by atoms with E-state index in [2.05, 4.69) is 5.32 Å². The van der Waals surface area contributed by atoms with Gasteiger partial charge in [-0.1, -0.05) is 12.1 Å². The fourth-order valence-electron chi connectivity index (χ4n) is 3.52. The molecule has 2 aromatic carbocycles. The van der Waals surface area contributed by atoms with Crippen molar-refractivity contribution in [2.75, 3.05) is 18.4 Å². The van der Waals surface area contributed by atoms with Gasteiger partial charge in [-0.2, -0.15) is 26.3 Å². The van der Waals surface area contributed by atoms with Gasteiger partial charge in [0.15, 0.2) is 0 Å². The molecular formula is C20H16F7N3O3. The van der Waals surface area contributed by atoms with Crippen molar-refractivity contribution >= 4 is 17.8 Å². The SMILES string of the molecule is O=C(Nc1cc(C(F)(F)F)cc(C(F)(F)F)c1)N[C@@H]1CN(C(=O)O)C[C@H]1c1ccc(F)cc1. The minimum atomic E-state index is -5.09. The largest absolute Gasteiger partial charge is 0.465 e. The summed E-state index contributed by atoms with van der Waals surface area (Å²) in [7, 11) is 0. The summed E-state index contributed by atoms with van der Waals surface area (Å²) in [6, 6.07) is 3.67. The predicted octanol–water partition coefficient (Wildman–Crippen LogP) is 5.13. The van der Waals surface area contributed by atoms with E-state index in [1.54, 1.807) is 0 Å². The summed E-state index contributed by atoms with van der Waals surface area (Å²) in [5.41, 5.74) is -3.46. The van der Waals surface area contributed by atoms with E-state index in [1.807, 2.05) is 5.32 Å². The van der Waals surface area contributed by atoms with Gasteiger partial charge in [0.05, 0.1) is 17.2 Å². The standard InChI is InChI=1S/C20H16F7N3O3/c21-13-3-1-10(2-4-13)15-8-30(18(32)33)9-16(15)29-17(31)28-14-6-11(19(22,23)24)5-12(7-14)20(25,26)27/h1-7,15-16H,8-9H2,(H,32,33)(H2,28,29,31)/t15-,16+/m0/s1. The number of nitrogens with one attached hydrogen (secondary N) is 2. The third-order valence-electron chi connectivity index (χ3n) is 5.05. The van der Waals surface area contributed by atoms with Crippen molar-refractivity contribution in [2.45, 2.75) is 24.3 Å². The number of carboxylic acid groups (broad SMARTS) is 1. The summed E-state index contributed by atoms with van der Waals surface area (Å²) >= 11 is 0. The number of anilines is 1. The summed E-state index contributed by atoms with van der Waals surface area (Å²) in [4.78, 5) is 24.7. The van der Waals surface area contributed by atoms with Crippen molar-refractivity contribution in [3.05, 3.63) is 65.0 Å². The van der Waals surface area contributed by atoms with Crippen LogP contribution in [0.4, 0.5) is 46.0 Å². The number of urea groups is 1. The van der Waals surface area contributed by atoms with Gasteiger partial charge < -0.3 is 20.6 Å². The first-order valence-electron chi connectivity index (χ1n) is 9.34. The summed E-state index contributed by atoms with van der Waals surface area (Å²) in [5, 5.41) is 13.6. The fourth-order valence-corrected chi connectivity index (χ4v) is 3.52. The Morgan fingerprint density at radius 2 is 1.45 bits per heavy atom. The molecule has 33 heavy (non-hydrogen) atoms. The number of hydrogen-bond donors (Lipinski definition) is 3. The number of halogens is 7. The van der Waals surface area contributed by atoms with Crippen LogP contribution in [0.2, 0.25) is 0 Å². The second-order valence-electron chi connectivity index (χ2n) is 7.35. The van der Waals surface area contributed by atoms with E-state index < -0.39 is 59.1 Å². The van der Waals surface area contributed by atoms with Gasteiger partial charge in [0.2, 0.25) is 0 Å². The lowest BCUT2D eigenvalue weighted by molar-refractivity contribution is -0.143. The van der Waals surface area contributed by atoms with Crippen LogP contribution in [-0.4, -0.2) is 41.3 Å². The van der Waals surface area contributed by atoms with Gasteiger partial charge in [0.25, 0.3) is 0 Å². The smallest absolute Gasteiger partial charge is 0.416 e. The lowest BCUT2D eigenvalue weighted by Gasteiger charge is -2.21. The van der Waals surface area contributed by atoms with Crippen molar-refractivity contribution in [3.63, 3.8) is 0 Å². The minimum Gasteiger partial charge on any atom is -0.465 e. The van der Waals surface area contributed by atoms with E-state index in [0.29, 0.717) is 17.7 Å². The van der Waals surface area contributed by atoms with Gasteiger partial charge in [-0.25, -0.2) is 14.0 Å². The third-order valence-corrected chi connectivity index (χ3v) is 5.05. The lowest BCUT2D eigenvalue weighted by Crippen LogP contribution is -2.42. The molecule has 0 unspecified atom stereocenters. The number of benzene rings is 2. The predicted molar refractivity (Wildman–Crippen MR) is 101 cm³/mol. The van der Waals surface area contributed by atoms with Gasteiger partial charge in [-0.15, -0.1) is 0 Å². The van der Waals surface area contributed by atoms with Crippen LogP contribution in [0, 0.1) is 5.82 Å². The molecule has 3 rings (SSSR count). The van der Waals surface area contributed by atoms with Crippen molar-refractivity contribution in [1.82, 2.24) is 10.2 Å². The molecule has 13 heteroatoms. The number of rotatable bonds is 3. The molecule has 178 valence electrons. The highest BCUT2D eigenvalue weighted by atomic mass is 19.4. The molecule has 0 spiro atoms. The Morgan fingerprint density at radius 3 is 1.94 bits per heavy atom. The Hall–Kier alpha value is -3.51. The lowest BCUT2D eigenvalue weighted by atomic mass is 9.94. The summed E-state index contributed by atoms with van der Waals surface area (Å²) < 4.78 is 91.2. The molecule has 3 amide bonds. The molecule has 1 heterocycles. The first-order valence-corrected chi connectivity index (χ1v) is 9.34. The van der Waals surface area contributed by atoms with E-state index in [4.69, 9.17) is 0 Å². The quantitative estimate of drug-likeness (QED) is 0.534. The summed E-state index contributed by atoms with van der Waals surface area (Å²) in [6.07, 6.45) is -11.5. The normalized spacial score (nSPS) is 18.8. The maximum absolute atomic E-state index is 13.2. The van der Waals surface area contributed by atoms with Gasteiger partial charge in [-0.05, 0) is 35.9 Å². The first-order chi connectivity index (χ1) is 15.2. The van der Waals surface area contributed by atoms with E-state index in [9.17, 15) is 45.4 Å². The second kappa shape index (κ2) is 8.79. The van der Waals surface area contributed by atoms with Crippen LogP contribution < -0.4 is 10.6 Å². The molecule has 3 N–H and O–H groups in total. The molecule has 1 fully saturated rings. The highest BCUT2D eigenvalue weighted by molar-refractivity contribution is 5.90. The molecule has 0 saturated carbocycles. The zero-order valence-corrected chi connectivity index (χ0v) is 16.5. The number of likely N-dealkylation sites (tertiary alicyclic amines) is 1. The monoisotopic (exact) mass is 479 g/mol. The molecule has 2 atom stereocenters. The van der Waals surface area contributed by atoms with Gasteiger partial charge in [-0.3, -0.25) is 0 Å². The molecule has 1 aliphatic rings. The van der Waals surface area contributed by atoms with Crippen molar-refractivity contribution < 1.29 is 45.4 Å². The minimum absolute atomic E-state index is 0.0618. The molecule has 0 aromatic heterocycles. The number of hydrogen-bond acceptors (Lipinski definition) is 2. The average Bonchev–Trinajstić information content (AvgIpc) is 3.11. The Balaban J connectivity index is 1.82. The number of carbonyl (C=O) groups is 2. The number of nitrogens with zero attached hydrogens (tertiary/aromatic N) is 1. The van der Waals surface area contributed by atoms with Gasteiger partial charge in [0, 0.05) is 24.7 Å². The van der Waals surface area contributed by atoms with Crippen LogP contribution >= 0.6 is 0 Å². The first kappa shape index (κ1) is 24.1. The summed E-state index contributed by atoms with van der Waals surface area (Å²) in [5.74, 6) is -1.17. The summed E-state index contributed by atoms with van der Waals surface area (Å²) in [6.45, 7) is -0.255. The number of carbonyl (C=O) groups excluding carboxylic acids is 1. The Labute approximate surface area is 182 Å². The molecule has 0 bridgehead atoms. The molecule has 0 radical (unpaired) electrons. The second-order valence-corrected chi connectivity index (χ2v) is 7.35.